The Hall–Kier alpha value is -3.41. The lowest BCUT2D eigenvalue weighted by Crippen LogP contribution is -2.59. The number of fused-ring (bicyclic) bond motifs is 1. The van der Waals surface area contributed by atoms with Gasteiger partial charge in [0.15, 0.2) is 14.0 Å². The van der Waals surface area contributed by atoms with Crippen LogP contribution in [0, 0.1) is 0 Å². The number of amides is 2. The molecule has 1 saturated carbocycles. The van der Waals surface area contributed by atoms with Crippen molar-refractivity contribution in [2.45, 2.75) is 82.4 Å². The molecule has 0 radical (unpaired) electrons. The Morgan fingerprint density at radius 3 is 2.40 bits per heavy atom. The minimum Gasteiger partial charge on any atom is -0.408 e. The third-order valence-electron chi connectivity index (χ3n) is 9.48. The Kier molecular flexibility index (Phi) is 9.83. The van der Waals surface area contributed by atoms with Crippen molar-refractivity contribution in [3.63, 3.8) is 0 Å². The molecule has 2 amide bonds. The fourth-order valence-corrected chi connectivity index (χ4v) is 7.16. The Bertz CT molecular complexity index is 1680. The first kappa shape index (κ1) is 34.9. The predicted molar refractivity (Wildman–Crippen MR) is 181 cm³/mol. The zero-order valence-corrected chi connectivity index (χ0v) is 29.2. The maximum absolute atomic E-state index is 14.0. The number of rotatable bonds is 10. The molecule has 2 aromatic heterocycles. The monoisotopic (exact) mass is 686 g/mol. The van der Waals surface area contributed by atoms with Gasteiger partial charge in [-0.2, -0.15) is 18.3 Å². The molecule has 2 aliphatic rings. The second-order valence-corrected chi connectivity index (χ2v) is 19.1. The zero-order valence-electron chi connectivity index (χ0n) is 27.5. The molecule has 2 atom stereocenters. The summed E-state index contributed by atoms with van der Waals surface area (Å²) in [6.07, 6.45) is 2.67. The first-order valence-corrected chi connectivity index (χ1v) is 19.2. The Morgan fingerprint density at radius 1 is 1.15 bits per heavy atom. The molecule has 3 aromatic rings. The van der Waals surface area contributed by atoms with Gasteiger partial charge in [0.05, 0.1) is 22.7 Å². The fraction of sp³-hybridized carbons (Fsp3) is 0.457. The van der Waals surface area contributed by atoms with Crippen LogP contribution in [0.4, 0.5) is 13.2 Å². The van der Waals surface area contributed by atoms with Crippen molar-refractivity contribution in [1.29, 1.82) is 0 Å². The van der Waals surface area contributed by atoms with Crippen LogP contribution in [0.25, 0.3) is 11.6 Å². The van der Waals surface area contributed by atoms with Gasteiger partial charge in [-0.05, 0) is 66.6 Å². The summed E-state index contributed by atoms with van der Waals surface area (Å²) in [7, 11) is -2.30. The first-order valence-electron chi connectivity index (χ1n) is 15.9. The summed E-state index contributed by atoms with van der Waals surface area (Å²) in [6, 6.07) is 12.1. The first-order chi connectivity index (χ1) is 22.0. The van der Waals surface area contributed by atoms with Gasteiger partial charge < -0.3 is 14.2 Å². The number of hydrogen-bond donors (Lipinski definition) is 0. The van der Waals surface area contributed by atoms with Gasteiger partial charge >= 0.3 is 6.18 Å². The zero-order chi connectivity index (χ0) is 34.3. The summed E-state index contributed by atoms with van der Waals surface area (Å²) in [5, 5.41) is 3.80. The molecule has 5 rings (SSSR count). The normalized spacial score (nSPS) is 17.9. The van der Waals surface area contributed by atoms with Crippen LogP contribution in [0.3, 0.4) is 0 Å². The smallest absolute Gasteiger partial charge is 0.408 e. The van der Waals surface area contributed by atoms with E-state index in [9.17, 15) is 22.8 Å². The molecule has 0 bridgehead atoms. The van der Waals surface area contributed by atoms with Crippen LogP contribution in [-0.4, -0.2) is 71.3 Å². The van der Waals surface area contributed by atoms with E-state index in [2.05, 4.69) is 45.5 Å². The number of nitrogens with zero attached hydrogens (tertiary/aromatic N) is 4. The lowest BCUT2D eigenvalue weighted by Gasteiger charge is -2.45. The number of pyridine rings is 1. The molecule has 12 heteroatoms. The SMILES string of the molecule is C=CCC(C(C=Cc1ccccc1)O[Si](C)(C)C(C)(C)C)N1CCN(C(=O)c2nn3c(C(F)(F)F)cc(C4CC4)cc3c2Cl)CC1=O. The molecule has 0 spiro atoms. The lowest BCUT2D eigenvalue weighted by molar-refractivity contribution is -0.142. The Labute approximate surface area is 280 Å². The highest BCUT2D eigenvalue weighted by Crippen LogP contribution is 2.44. The number of halogens is 4. The van der Waals surface area contributed by atoms with Gasteiger partial charge in [-0.25, -0.2) is 4.52 Å². The minimum atomic E-state index is -4.70. The van der Waals surface area contributed by atoms with Gasteiger partial charge in [0.25, 0.3) is 5.91 Å². The molecule has 47 heavy (non-hydrogen) atoms. The van der Waals surface area contributed by atoms with Gasteiger partial charge in [0, 0.05) is 13.1 Å². The number of piperazine rings is 1. The third-order valence-corrected chi connectivity index (χ3v) is 14.3. The lowest BCUT2D eigenvalue weighted by atomic mass is 10.0. The van der Waals surface area contributed by atoms with Gasteiger partial charge in [-0.3, -0.25) is 9.59 Å². The van der Waals surface area contributed by atoms with E-state index >= 15 is 0 Å². The summed E-state index contributed by atoms with van der Waals surface area (Å²) >= 11 is 6.55. The van der Waals surface area contributed by atoms with E-state index in [-0.39, 0.29) is 58.8 Å². The molecule has 1 aromatic carbocycles. The number of carbonyl (C=O) groups excluding carboxylic acids is 2. The molecule has 1 saturated heterocycles. The van der Waals surface area contributed by atoms with Crippen molar-refractivity contribution >= 4 is 43.3 Å². The molecule has 3 heterocycles. The number of benzene rings is 1. The molecule has 2 fully saturated rings. The van der Waals surface area contributed by atoms with Crippen LogP contribution < -0.4 is 0 Å². The van der Waals surface area contributed by atoms with Crippen molar-refractivity contribution in [3.05, 3.63) is 88.7 Å². The van der Waals surface area contributed by atoms with Crippen LogP contribution in [0.15, 0.2) is 61.2 Å². The number of carbonyl (C=O) groups is 2. The van der Waals surface area contributed by atoms with Crippen molar-refractivity contribution < 1.29 is 27.2 Å². The van der Waals surface area contributed by atoms with E-state index in [0.717, 1.165) is 24.5 Å². The molecule has 1 aliphatic carbocycles. The maximum Gasteiger partial charge on any atom is 0.433 e. The van der Waals surface area contributed by atoms with E-state index in [4.69, 9.17) is 16.0 Å². The third kappa shape index (κ3) is 7.52. The molecule has 7 nitrogen and oxygen atoms in total. The summed E-state index contributed by atoms with van der Waals surface area (Å²) in [5.41, 5.74) is 0.260. The second-order valence-electron chi connectivity index (χ2n) is 13.9. The van der Waals surface area contributed by atoms with Crippen LogP contribution in [0.5, 0.6) is 0 Å². The molecular formula is C35H42ClF3N4O3Si. The van der Waals surface area contributed by atoms with Crippen molar-refractivity contribution in [3.8, 4) is 0 Å². The standard InChI is InChI=1S/C35H42ClF3N4O3Si/c1-7-11-26(28(46-47(5,6)34(2,3)4)17-14-23-12-9-8-10-13-23)42-19-18-41(22-30(42)44)33(45)32-31(36)27-20-25(24-15-16-24)21-29(35(37,38)39)43(27)40-32/h7-10,12-14,17,20-21,24,26,28H,1,11,15-16,18-19,22H2,2-6H3. The largest absolute Gasteiger partial charge is 0.433 e. The Morgan fingerprint density at radius 2 is 1.83 bits per heavy atom. The topological polar surface area (TPSA) is 67.2 Å². The average molecular weight is 687 g/mol. The predicted octanol–water partition coefficient (Wildman–Crippen LogP) is 8.22. The van der Waals surface area contributed by atoms with Gasteiger partial charge in [-0.1, -0.05) is 80.9 Å². The molecular weight excluding hydrogens is 645 g/mol. The molecule has 0 N–H and O–H groups in total. The molecule has 1 aliphatic heterocycles. The number of aromatic nitrogens is 2. The van der Waals surface area contributed by atoms with Crippen molar-refractivity contribution in [2.24, 2.45) is 0 Å². The molecule has 252 valence electrons. The van der Waals surface area contributed by atoms with E-state index in [0.29, 0.717) is 16.5 Å². The quantitative estimate of drug-likeness (QED) is 0.159. The Balaban J connectivity index is 1.41. The highest BCUT2D eigenvalue weighted by Gasteiger charge is 2.43. The van der Waals surface area contributed by atoms with E-state index in [1.807, 2.05) is 42.5 Å². The van der Waals surface area contributed by atoms with Crippen LogP contribution >= 0.6 is 11.6 Å². The molecule has 2 unspecified atom stereocenters. The summed E-state index contributed by atoms with van der Waals surface area (Å²) in [6.45, 7) is 14.8. The van der Waals surface area contributed by atoms with Crippen LogP contribution in [-0.2, 0) is 15.4 Å². The van der Waals surface area contributed by atoms with E-state index < -0.39 is 32.2 Å². The highest BCUT2D eigenvalue weighted by atomic mass is 35.5. The van der Waals surface area contributed by atoms with Crippen LogP contribution in [0.2, 0.25) is 23.2 Å². The van der Waals surface area contributed by atoms with Gasteiger partial charge in [0.2, 0.25) is 5.91 Å². The van der Waals surface area contributed by atoms with E-state index in [1.54, 1.807) is 17.0 Å². The maximum atomic E-state index is 14.0. The van der Waals surface area contributed by atoms with E-state index in [1.165, 1.54) is 4.90 Å². The van der Waals surface area contributed by atoms with Crippen molar-refractivity contribution in [2.75, 3.05) is 19.6 Å². The van der Waals surface area contributed by atoms with Gasteiger partial charge in [0.1, 0.15) is 12.2 Å². The summed E-state index contributed by atoms with van der Waals surface area (Å²) < 4.78 is 49.7. The minimum absolute atomic E-state index is 0.0265. The highest BCUT2D eigenvalue weighted by molar-refractivity contribution is 6.74. The number of alkyl halides is 3. The average Bonchev–Trinajstić information content (AvgIpc) is 3.80. The van der Waals surface area contributed by atoms with Crippen molar-refractivity contribution in [1.82, 2.24) is 19.4 Å². The summed E-state index contributed by atoms with van der Waals surface area (Å²) in [5.74, 6) is -0.959. The van der Waals surface area contributed by atoms with Gasteiger partial charge in [-0.15, -0.1) is 6.58 Å². The number of hydrogen-bond acceptors (Lipinski definition) is 4. The fourth-order valence-electron chi connectivity index (χ4n) is 5.63. The summed E-state index contributed by atoms with van der Waals surface area (Å²) in [4.78, 5) is 30.5. The van der Waals surface area contributed by atoms with Crippen LogP contribution in [0.1, 0.15) is 73.3 Å². The second kappa shape index (κ2) is 13.2.